The lowest BCUT2D eigenvalue weighted by molar-refractivity contribution is -0.141. The molecule has 114 valence electrons. The first-order chi connectivity index (χ1) is 10.0. The smallest absolute Gasteiger partial charge is 0.320 e. The number of urea groups is 1. The van der Waals surface area contributed by atoms with E-state index in [1.165, 1.54) is 0 Å². The van der Waals surface area contributed by atoms with E-state index >= 15 is 0 Å². The number of ether oxygens (including phenoxy) is 1. The number of hydrogen-bond donors (Lipinski definition) is 1. The zero-order valence-electron chi connectivity index (χ0n) is 12.3. The van der Waals surface area contributed by atoms with Crippen LogP contribution >= 0.6 is 0 Å². The van der Waals surface area contributed by atoms with Crippen molar-refractivity contribution in [1.29, 1.82) is 0 Å². The summed E-state index contributed by atoms with van der Waals surface area (Å²) in [4.78, 5) is 26.4. The fourth-order valence-corrected chi connectivity index (χ4v) is 2.49. The predicted molar refractivity (Wildman–Crippen MR) is 77.2 cm³/mol. The number of nitrogens with zero attached hydrogens (tertiary/aromatic N) is 2. The van der Waals surface area contributed by atoms with Gasteiger partial charge in [0, 0.05) is 26.7 Å². The molecular formula is C15H20N2O4. The van der Waals surface area contributed by atoms with Gasteiger partial charge in [0.25, 0.3) is 0 Å². The first-order valence-corrected chi connectivity index (χ1v) is 6.87. The molecule has 1 atom stereocenters. The van der Waals surface area contributed by atoms with Crippen molar-refractivity contribution in [3.05, 3.63) is 29.8 Å². The average Bonchev–Trinajstić information content (AvgIpc) is 2.96. The number of amides is 2. The molecule has 1 saturated heterocycles. The number of hydrogen-bond acceptors (Lipinski definition) is 3. The summed E-state index contributed by atoms with van der Waals surface area (Å²) >= 11 is 0. The molecule has 6 heteroatoms. The molecule has 1 fully saturated rings. The minimum absolute atomic E-state index is 0.137. The van der Waals surface area contributed by atoms with Crippen LogP contribution in [0.5, 0.6) is 5.75 Å². The quantitative estimate of drug-likeness (QED) is 0.916. The Kier molecular flexibility index (Phi) is 4.67. The summed E-state index contributed by atoms with van der Waals surface area (Å²) in [5.74, 6) is -0.527. The van der Waals surface area contributed by atoms with Crippen LogP contribution in [0.4, 0.5) is 4.79 Å². The highest BCUT2D eigenvalue weighted by Crippen LogP contribution is 2.19. The van der Waals surface area contributed by atoms with E-state index in [1.54, 1.807) is 24.0 Å². The Morgan fingerprint density at radius 2 is 2.24 bits per heavy atom. The van der Waals surface area contributed by atoms with Crippen molar-refractivity contribution < 1.29 is 19.4 Å². The summed E-state index contributed by atoms with van der Waals surface area (Å²) < 4.78 is 5.16. The fraction of sp³-hybridized carbons (Fsp3) is 0.467. The number of rotatable bonds is 4. The van der Waals surface area contributed by atoms with Crippen LogP contribution in [0, 0.1) is 5.92 Å². The lowest BCUT2D eigenvalue weighted by Gasteiger charge is -2.24. The molecule has 0 bridgehead atoms. The number of carboxylic acids is 1. The molecule has 21 heavy (non-hydrogen) atoms. The molecule has 1 N–H and O–H groups in total. The Morgan fingerprint density at radius 1 is 1.48 bits per heavy atom. The summed E-state index contributed by atoms with van der Waals surface area (Å²) in [7, 11) is 3.32. The monoisotopic (exact) mass is 292 g/mol. The predicted octanol–water partition coefficient (Wildman–Crippen LogP) is 1.65. The topological polar surface area (TPSA) is 70.1 Å². The molecule has 0 aromatic heterocycles. The van der Waals surface area contributed by atoms with E-state index in [1.807, 2.05) is 24.3 Å². The van der Waals surface area contributed by atoms with E-state index in [0.29, 0.717) is 19.5 Å². The maximum atomic E-state index is 12.3. The van der Waals surface area contributed by atoms with Crippen LogP contribution in [-0.4, -0.2) is 54.2 Å². The molecule has 1 unspecified atom stereocenters. The minimum atomic E-state index is -0.833. The van der Waals surface area contributed by atoms with Gasteiger partial charge in [0.2, 0.25) is 0 Å². The summed E-state index contributed by atoms with van der Waals surface area (Å²) in [5, 5.41) is 8.98. The molecule has 1 aromatic rings. The fourth-order valence-electron chi connectivity index (χ4n) is 2.49. The Morgan fingerprint density at radius 3 is 2.86 bits per heavy atom. The highest BCUT2D eigenvalue weighted by Gasteiger charge is 2.32. The van der Waals surface area contributed by atoms with Gasteiger partial charge < -0.3 is 19.6 Å². The van der Waals surface area contributed by atoms with E-state index in [0.717, 1.165) is 11.3 Å². The largest absolute Gasteiger partial charge is 0.497 e. The summed E-state index contributed by atoms with van der Waals surface area (Å²) in [6.45, 7) is 1.25. The molecule has 0 radical (unpaired) electrons. The van der Waals surface area contributed by atoms with Crippen LogP contribution in [-0.2, 0) is 11.3 Å². The highest BCUT2D eigenvalue weighted by molar-refractivity contribution is 5.77. The van der Waals surface area contributed by atoms with E-state index < -0.39 is 11.9 Å². The molecule has 0 spiro atoms. The summed E-state index contributed by atoms with van der Waals surface area (Å²) in [6, 6.07) is 7.40. The van der Waals surface area contributed by atoms with Gasteiger partial charge in [-0.3, -0.25) is 4.79 Å². The van der Waals surface area contributed by atoms with Gasteiger partial charge in [-0.05, 0) is 24.1 Å². The van der Waals surface area contributed by atoms with Crippen LogP contribution in [0.2, 0.25) is 0 Å². The molecule has 6 nitrogen and oxygen atoms in total. The van der Waals surface area contributed by atoms with Gasteiger partial charge in [-0.1, -0.05) is 12.1 Å². The van der Waals surface area contributed by atoms with E-state index in [4.69, 9.17) is 9.84 Å². The van der Waals surface area contributed by atoms with Crippen LogP contribution in [0.15, 0.2) is 24.3 Å². The van der Waals surface area contributed by atoms with Crippen molar-refractivity contribution in [2.24, 2.45) is 5.92 Å². The van der Waals surface area contributed by atoms with Crippen molar-refractivity contribution in [2.45, 2.75) is 13.0 Å². The molecule has 1 aromatic carbocycles. The second-order valence-corrected chi connectivity index (χ2v) is 5.26. The third kappa shape index (κ3) is 3.65. The van der Waals surface area contributed by atoms with Gasteiger partial charge in [-0.15, -0.1) is 0 Å². The molecule has 2 amide bonds. The van der Waals surface area contributed by atoms with E-state index in [2.05, 4.69) is 0 Å². The number of methoxy groups -OCH3 is 1. The van der Waals surface area contributed by atoms with Gasteiger partial charge in [-0.25, -0.2) is 4.79 Å². The molecule has 0 aliphatic carbocycles. The molecule has 0 saturated carbocycles. The minimum Gasteiger partial charge on any atom is -0.497 e. The Hall–Kier alpha value is -2.24. The SMILES string of the molecule is COc1cccc(CN(C)C(=O)N2CCC(C(=O)O)C2)c1. The Balaban J connectivity index is 1.95. The number of aliphatic carboxylic acids is 1. The van der Waals surface area contributed by atoms with E-state index in [9.17, 15) is 9.59 Å². The molecular weight excluding hydrogens is 272 g/mol. The number of carbonyl (C=O) groups is 2. The zero-order chi connectivity index (χ0) is 15.4. The van der Waals surface area contributed by atoms with Crippen molar-refractivity contribution in [3.8, 4) is 5.75 Å². The highest BCUT2D eigenvalue weighted by atomic mass is 16.5. The van der Waals surface area contributed by atoms with Gasteiger partial charge in [-0.2, -0.15) is 0 Å². The zero-order valence-corrected chi connectivity index (χ0v) is 12.3. The molecule has 1 aliphatic heterocycles. The first-order valence-electron chi connectivity index (χ1n) is 6.87. The lowest BCUT2D eigenvalue weighted by atomic mass is 10.1. The summed E-state index contributed by atoms with van der Waals surface area (Å²) in [6.07, 6.45) is 0.522. The lowest BCUT2D eigenvalue weighted by Crippen LogP contribution is -2.39. The van der Waals surface area contributed by atoms with Gasteiger partial charge in [0.15, 0.2) is 0 Å². The standard InChI is InChI=1S/C15H20N2O4/c1-16(9-11-4-3-5-13(8-11)21-2)15(20)17-7-6-12(10-17)14(18)19/h3-5,8,12H,6-7,9-10H2,1-2H3,(H,18,19). The van der Waals surface area contributed by atoms with Gasteiger partial charge in [0.05, 0.1) is 13.0 Å². The number of carboxylic acid groups (broad SMARTS) is 1. The van der Waals surface area contributed by atoms with Crippen LogP contribution in [0.25, 0.3) is 0 Å². The first kappa shape index (κ1) is 15.2. The van der Waals surface area contributed by atoms with E-state index in [-0.39, 0.29) is 12.6 Å². The molecule has 1 aliphatic rings. The normalized spacial score (nSPS) is 17.6. The van der Waals surface area contributed by atoms with Gasteiger partial charge >= 0.3 is 12.0 Å². The number of benzene rings is 1. The second kappa shape index (κ2) is 6.47. The van der Waals surface area contributed by atoms with Crippen LogP contribution < -0.4 is 4.74 Å². The maximum Gasteiger partial charge on any atom is 0.320 e. The number of carbonyl (C=O) groups excluding carboxylic acids is 1. The van der Waals surface area contributed by atoms with Crippen LogP contribution in [0.3, 0.4) is 0 Å². The van der Waals surface area contributed by atoms with Crippen LogP contribution in [0.1, 0.15) is 12.0 Å². The second-order valence-electron chi connectivity index (χ2n) is 5.26. The Bertz CT molecular complexity index is 532. The average molecular weight is 292 g/mol. The van der Waals surface area contributed by atoms with Crippen molar-refractivity contribution >= 4 is 12.0 Å². The molecule has 1 heterocycles. The molecule has 2 rings (SSSR count). The van der Waals surface area contributed by atoms with Crippen molar-refractivity contribution in [2.75, 3.05) is 27.2 Å². The van der Waals surface area contributed by atoms with Crippen molar-refractivity contribution in [1.82, 2.24) is 9.80 Å². The third-order valence-electron chi connectivity index (χ3n) is 3.69. The van der Waals surface area contributed by atoms with Gasteiger partial charge in [0.1, 0.15) is 5.75 Å². The van der Waals surface area contributed by atoms with Crippen molar-refractivity contribution in [3.63, 3.8) is 0 Å². The maximum absolute atomic E-state index is 12.3. The Labute approximate surface area is 123 Å². The summed E-state index contributed by atoms with van der Waals surface area (Å²) in [5.41, 5.74) is 0.971. The third-order valence-corrected chi connectivity index (χ3v) is 3.69. The number of likely N-dealkylation sites (tertiary alicyclic amines) is 1.